The van der Waals surface area contributed by atoms with Crippen LogP contribution in [-0.4, -0.2) is 30.0 Å². The number of nitrogens with one attached hydrogen (secondary N) is 1. The van der Waals surface area contributed by atoms with Crippen molar-refractivity contribution in [2.75, 3.05) is 13.3 Å². The molecular weight excluding hydrogens is 370 g/mol. The summed E-state index contributed by atoms with van der Waals surface area (Å²) in [4.78, 5) is 12.6. The molecule has 1 aliphatic heterocycles. The molecule has 3 rings (SSSR count). The Morgan fingerprint density at radius 1 is 1.15 bits per heavy atom. The number of hydrogen-bond donors (Lipinski definition) is 2. The third-order valence-corrected chi connectivity index (χ3v) is 4.57. The number of hydrogen-bond acceptors (Lipinski definition) is 5. The van der Waals surface area contributed by atoms with Gasteiger partial charge in [0.15, 0.2) is 17.1 Å². The first-order valence-electron chi connectivity index (χ1n) is 8.53. The fourth-order valence-corrected chi connectivity index (χ4v) is 2.77. The maximum atomic E-state index is 12.6. The lowest BCUT2D eigenvalue weighted by Crippen LogP contribution is -2.50. The van der Waals surface area contributed by atoms with E-state index in [0.29, 0.717) is 27.8 Å². The highest BCUT2D eigenvalue weighted by atomic mass is 35.5. The molecule has 0 saturated heterocycles. The summed E-state index contributed by atoms with van der Waals surface area (Å²) in [5.41, 5.74) is -1.80. The molecule has 7 heteroatoms. The second-order valence-electron chi connectivity index (χ2n) is 7.09. The summed E-state index contributed by atoms with van der Waals surface area (Å²) in [6, 6.07) is 12.0. The average molecular weight is 392 g/mol. The molecule has 2 aromatic rings. The normalized spacial score (nSPS) is 15.1. The third-order valence-electron chi connectivity index (χ3n) is 4.32. The quantitative estimate of drug-likeness (QED) is 0.790. The van der Waals surface area contributed by atoms with Gasteiger partial charge in [0.05, 0.1) is 6.54 Å². The molecule has 0 aromatic heterocycles. The summed E-state index contributed by atoms with van der Waals surface area (Å²) < 4.78 is 16.4. The van der Waals surface area contributed by atoms with Gasteiger partial charge in [-0.05, 0) is 62.7 Å². The zero-order valence-corrected chi connectivity index (χ0v) is 16.2. The molecule has 6 nitrogen and oxygen atoms in total. The first kappa shape index (κ1) is 19.3. The van der Waals surface area contributed by atoms with Crippen LogP contribution in [0.1, 0.15) is 26.3 Å². The van der Waals surface area contributed by atoms with Crippen LogP contribution < -0.4 is 19.5 Å². The van der Waals surface area contributed by atoms with Crippen LogP contribution in [0.15, 0.2) is 42.5 Å². The van der Waals surface area contributed by atoms with Crippen molar-refractivity contribution in [2.45, 2.75) is 32.0 Å². The second kappa shape index (κ2) is 7.29. The maximum Gasteiger partial charge on any atom is 0.263 e. The number of rotatable bonds is 6. The highest BCUT2D eigenvalue weighted by Crippen LogP contribution is 2.35. The summed E-state index contributed by atoms with van der Waals surface area (Å²) in [7, 11) is 0. The van der Waals surface area contributed by atoms with E-state index in [0.717, 1.165) is 0 Å². The van der Waals surface area contributed by atoms with E-state index in [4.69, 9.17) is 25.8 Å². The Kier molecular flexibility index (Phi) is 5.22. The van der Waals surface area contributed by atoms with Crippen molar-refractivity contribution in [3.05, 3.63) is 53.1 Å². The van der Waals surface area contributed by atoms with Gasteiger partial charge in [0.25, 0.3) is 5.91 Å². The lowest BCUT2D eigenvalue weighted by Gasteiger charge is -2.29. The van der Waals surface area contributed by atoms with Gasteiger partial charge in [-0.3, -0.25) is 4.79 Å². The molecule has 0 spiro atoms. The summed E-state index contributed by atoms with van der Waals surface area (Å²) in [6.07, 6.45) is 0. The van der Waals surface area contributed by atoms with Crippen LogP contribution in [0.2, 0.25) is 5.02 Å². The van der Waals surface area contributed by atoms with Crippen molar-refractivity contribution in [1.29, 1.82) is 0 Å². The van der Waals surface area contributed by atoms with Gasteiger partial charge in [0, 0.05) is 5.02 Å². The summed E-state index contributed by atoms with van der Waals surface area (Å²) in [5, 5.41) is 14.1. The predicted octanol–water partition coefficient (Wildman–Crippen LogP) is 3.25. The zero-order valence-electron chi connectivity index (χ0n) is 15.4. The number of fused-ring (bicyclic) bond motifs is 1. The largest absolute Gasteiger partial charge is 0.478 e. The highest BCUT2D eigenvalue weighted by molar-refractivity contribution is 6.30. The standard InChI is InChI=1S/C20H22ClNO5/c1-19(2,27-15-7-5-14(21)6-8-15)18(23)22-11-20(3,24)13-4-9-16-17(10-13)26-12-25-16/h4-10,24H,11-12H2,1-3H3,(H,22,23)/t20-/m0/s1. The molecule has 0 radical (unpaired) electrons. The van der Waals surface area contributed by atoms with Crippen molar-refractivity contribution < 1.29 is 24.1 Å². The van der Waals surface area contributed by atoms with Crippen LogP contribution in [0.25, 0.3) is 0 Å². The predicted molar refractivity (Wildman–Crippen MR) is 101 cm³/mol. The van der Waals surface area contributed by atoms with Gasteiger partial charge in [-0.25, -0.2) is 0 Å². The zero-order chi connectivity index (χ0) is 19.7. The molecule has 0 aliphatic carbocycles. The Labute approximate surface area is 163 Å². The van der Waals surface area contributed by atoms with Gasteiger partial charge in [-0.1, -0.05) is 17.7 Å². The lowest BCUT2D eigenvalue weighted by molar-refractivity contribution is -0.135. The highest BCUT2D eigenvalue weighted by Gasteiger charge is 2.33. The lowest BCUT2D eigenvalue weighted by atomic mass is 9.95. The van der Waals surface area contributed by atoms with E-state index in [2.05, 4.69) is 5.32 Å². The van der Waals surface area contributed by atoms with Crippen molar-refractivity contribution in [1.82, 2.24) is 5.32 Å². The van der Waals surface area contributed by atoms with Crippen LogP contribution in [0.5, 0.6) is 17.2 Å². The van der Waals surface area contributed by atoms with Crippen LogP contribution in [0.3, 0.4) is 0 Å². The van der Waals surface area contributed by atoms with Gasteiger partial charge in [-0.15, -0.1) is 0 Å². The Morgan fingerprint density at radius 2 is 1.81 bits per heavy atom. The first-order chi connectivity index (χ1) is 12.7. The number of aliphatic hydroxyl groups is 1. The fraction of sp³-hybridized carbons (Fsp3) is 0.350. The van der Waals surface area contributed by atoms with Crippen LogP contribution in [-0.2, 0) is 10.4 Å². The smallest absolute Gasteiger partial charge is 0.263 e. The minimum Gasteiger partial charge on any atom is -0.478 e. The molecule has 0 bridgehead atoms. The number of carbonyl (C=O) groups excluding carboxylic acids is 1. The Bertz CT molecular complexity index is 833. The Morgan fingerprint density at radius 3 is 2.52 bits per heavy atom. The number of ether oxygens (including phenoxy) is 3. The monoisotopic (exact) mass is 391 g/mol. The number of halogens is 1. The van der Waals surface area contributed by atoms with E-state index in [1.165, 1.54) is 0 Å². The molecular formula is C20H22ClNO5. The molecule has 27 heavy (non-hydrogen) atoms. The molecule has 1 atom stereocenters. The van der Waals surface area contributed by atoms with Crippen LogP contribution in [0.4, 0.5) is 0 Å². The minimum absolute atomic E-state index is 0.0128. The molecule has 2 N–H and O–H groups in total. The second-order valence-corrected chi connectivity index (χ2v) is 7.53. The maximum absolute atomic E-state index is 12.6. The van der Waals surface area contributed by atoms with Crippen molar-refractivity contribution in [3.63, 3.8) is 0 Å². The van der Waals surface area contributed by atoms with E-state index >= 15 is 0 Å². The third kappa shape index (κ3) is 4.46. The van der Waals surface area contributed by atoms with Crippen molar-refractivity contribution >= 4 is 17.5 Å². The van der Waals surface area contributed by atoms with Crippen molar-refractivity contribution in [2.24, 2.45) is 0 Å². The minimum atomic E-state index is -1.28. The number of carbonyl (C=O) groups is 1. The molecule has 0 saturated carbocycles. The van der Waals surface area contributed by atoms with Gasteiger partial charge in [-0.2, -0.15) is 0 Å². The molecule has 144 valence electrons. The van der Waals surface area contributed by atoms with Gasteiger partial charge >= 0.3 is 0 Å². The van der Waals surface area contributed by atoms with E-state index in [-0.39, 0.29) is 19.2 Å². The average Bonchev–Trinajstić information content (AvgIpc) is 3.09. The SMILES string of the molecule is CC(C)(Oc1ccc(Cl)cc1)C(=O)NC[C@](C)(O)c1ccc2c(c1)OCO2. The molecule has 1 amide bonds. The van der Waals surface area contributed by atoms with Crippen molar-refractivity contribution in [3.8, 4) is 17.2 Å². The van der Waals surface area contributed by atoms with Gasteiger partial charge in [0.1, 0.15) is 11.4 Å². The fourth-order valence-electron chi connectivity index (χ4n) is 2.64. The molecule has 2 aromatic carbocycles. The van der Waals surface area contributed by atoms with Gasteiger partial charge < -0.3 is 24.6 Å². The molecule has 0 fully saturated rings. The molecule has 0 unspecified atom stereocenters. The summed E-state index contributed by atoms with van der Waals surface area (Å²) in [6.45, 7) is 5.11. The van der Waals surface area contributed by atoms with E-state index in [9.17, 15) is 9.90 Å². The first-order valence-corrected chi connectivity index (χ1v) is 8.91. The Balaban J connectivity index is 1.63. The number of benzene rings is 2. The summed E-state index contributed by atoms with van der Waals surface area (Å²) >= 11 is 5.86. The van der Waals surface area contributed by atoms with Crippen LogP contribution in [0, 0.1) is 0 Å². The topological polar surface area (TPSA) is 77.0 Å². The van der Waals surface area contributed by atoms with E-state index in [1.807, 2.05) is 0 Å². The van der Waals surface area contributed by atoms with Gasteiger partial charge in [0.2, 0.25) is 6.79 Å². The van der Waals surface area contributed by atoms with E-state index < -0.39 is 11.2 Å². The van der Waals surface area contributed by atoms with E-state index in [1.54, 1.807) is 63.2 Å². The van der Waals surface area contributed by atoms with Crippen LogP contribution >= 0.6 is 11.6 Å². The molecule has 1 aliphatic rings. The Hall–Kier alpha value is -2.44. The summed E-state index contributed by atoms with van der Waals surface area (Å²) in [5.74, 6) is 1.39. The number of amides is 1. The molecule has 1 heterocycles.